The van der Waals surface area contributed by atoms with Gasteiger partial charge in [-0.05, 0) is 63.9 Å². The summed E-state index contributed by atoms with van der Waals surface area (Å²) < 4.78 is 5.76. The number of carbonyl (C=O) groups is 1. The molecule has 2 aromatic carbocycles. The normalized spacial score (nSPS) is 16.1. The van der Waals surface area contributed by atoms with Crippen LogP contribution in [0.1, 0.15) is 46.5 Å². The van der Waals surface area contributed by atoms with Gasteiger partial charge in [0.15, 0.2) is 0 Å². The van der Waals surface area contributed by atoms with Crippen molar-refractivity contribution in [2.75, 3.05) is 38.0 Å². The van der Waals surface area contributed by atoms with Crippen LogP contribution in [-0.4, -0.2) is 60.8 Å². The first kappa shape index (κ1) is 24.3. The molecule has 2 aromatic rings. The lowest BCUT2D eigenvalue weighted by molar-refractivity contribution is 0.0573. The van der Waals surface area contributed by atoms with E-state index < -0.39 is 0 Å². The molecule has 1 unspecified atom stereocenters. The highest BCUT2D eigenvalue weighted by molar-refractivity contribution is 5.91. The summed E-state index contributed by atoms with van der Waals surface area (Å²) in [5.41, 5.74) is 2.85. The Morgan fingerprint density at radius 2 is 1.78 bits per heavy atom. The minimum absolute atomic E-state index is 0.0117. The maximum Gasteiger partial charge on any atom is 0.411 e. The predicted molar refractivity (Wildman–Crippen MR) is 133 cm³/mol. The van der Waals surface area contributed by atoms with Gasteiger partial charge in [0.05, 0.1) is 5.69 Å². The van der Waals surface area contributed by atoms with Crippen LogP contribution in [0.15, 0.2) is 54.6 Å². The molecule has 174 valence electrons. The summed E-state index contributed by atoms with van der Waals surface area (Å²) in [4.78, 5) is 17.6. The number of benzene rings is 2. The minimum atomic E-state index is -0.362. The number of nitrogens with one attached hydrogen (secondary N) is 1. The van der Waals surface area contributed by atoms with Gasteiger partial charge in [-0.1, -0.05) is 62.4 Å². The molecule has 1 fully saturated rings. The number of ether oxygens (including phenoxy) is 1. The molecule has 5 nitrogen and oxygen atoms in total. The molecule has 1 saturated heterocycles. The standard InChI is InChI=1S/C27H39N3O2/c1-4-22(3)30(5-2)19-11-18-29-20-16-24(17-21-29)32-27(31)28-26-15-10-9-14-25(26)23-12-7-6-8-13-23/h6-10,12-15,22,24H,4-5,11,16-21H2,1-3H3,(H,28,31). The molecule has 5 heteroatoms. The highest BCUT2D eigenvalue weighted by Crippen LogP contribution is 2.28. The maximum absolute atomic E-state index is 12.6. The summed E-state index contributed by atoms with van der Waals surface area (Å²) in [6.07, 6.45) is 3.82. The smallest absolute Gasteiger partial charge is 0.411 e. The molecular formula is C27H39N3O2. The number of nitrogens with zero attached hydrogens (tertiary/aromatic N) is 2. The number of likely N-dealkylation sites (tertiary alicyclic amines) is 1. The number of hydrogen-bond donors (Lipinski definition) is 1. The second kappa shape index (κ2) is 12.6. The SMILES string of the molecule is CCC(C)N(CC)CCCN1CCC(OC(=O)Nc2ccccc2-c2ccccc2)CC1. The van der Waals surface area contributed by atoms with Crippen LogP contribution in [0.4, 0.5) is 10.5 Å². The topological polar surface area (TPSA) is 44.8 Å². The predicted octanol–water partition coefficient (Wildman–Crippen LogP) is 5.88. The van der Waals surface area contributed by atoms with Crippen molar-refractivity contribution in [3.05, 3.63) is 54.6 Å². The monoisotopic (exact) mass is 437 g/mol. The third kappa shape index (κ3) is 7.07. The molecule has 0 saturated carbocycles. The Kier molecular flexibility index (Phi) is 9.57. The Bertz CT molecular complexity index is 819. The third-order valence-electron chi connectivity index (χ3n) is 6.60. The van der Waals surface area contributed by atoms with E-state index in [1.54, 1.807) is 0 Å². The van der Waals surface area contributed by atoms with E-state index in [9.17, 15) is 4.79 Å². The molecule has 1 N–H and O–H groups in total. The lowest BCUT2D eigenvalue weighted by Crippen LogP contribution is -2.40. The van der Waals surface area contributed by atoms with Crippen molar-refractivity contribution in [1.82, 2.24) is 9.80 Å². The Hall–Kier alpha value is -2.37. The molecule has 0 radical (unpaired) electrons. The van der Waals surface area contributed by atoms with Crippen molar-refractivity contribution < 1.29 is 9.53 Å². The molecule has 3 rings (SSSR count). The van der Waals surface area contributed by atoms with Gasteiger partial charge < -0.3 is 14.5 Å². The second-order valence-electron chi connectivity index (χ2n) is 8.72. The van der Waals surface area contributed by atoms with Crippen molar-refractivity contribution in [1.29, 1.82) is 0 Å². The van der Waals surface area contributed by atoms with Gasteiger partial charge in [0.2, 0.25) is 0 Å². The Labute approximate surface area is 193 Å². The quantitative estimate of drug-likeness (QED) is 0.504. The Balaban J connectivity index is 1.42. The number of anilines is 1. The first-order valence-corrected chi connectivity index (χ1v) is 12.2. The van der Waals surface area contributed by atoms with Crippen LogP contribution in [-0.2, 0) is 4.74 Å². The number of rotatable bonds is 10. The van der Waals surface area contributed by atoms with E-state index in [0.717, 1.165) is 62.4 Å². The van der Waals surface area contributed by atoms with Gasteiger partial charge in [0.1, 0.15) is 6.10 Å². The van der Waals surface area contributed by atoms with E-state index in [1.807, 2.05) is 54.6 Å². The van der Waals surface area contributed by atoms with Crippen LogP contribution in [0, 0.1) is 0 Å². The van der Waals surface area contributed by atoms with E-state index in [1.165, 1.54) is 12.8 Å². The van der Waals surface area contributed by atoms with Gasteiger partial charge in [-0.3, -0.25) is 5.32 Å². The van der Waals surface area contributed by atoms with Gasteiger partial charge in [0, 0.05) is 24.7 Å². The van der Waals surface area contributed by atoms with Crippen LogP contribution in [0.2, 0.25) is 0 Å². The van der Waals surface area contributed by atoms with Crippen molar-refractivity contribution in [3.8, 4) is 11.1 Å². The van der Waals surface area contributed by atoms with Gasteiger partial charge in [-0.2, -0.15) is 0 Å². The maximum atomic E-state index is 12.6. The number of carbonyl (C=O) groups excluding carboxylic acids is 1. The summed E-state index contributed by atoms with van der Waals surface area (Å²) in [5.74, 6) is 0. The van der Waals surface area contributed by atoms with Crippen LogP contribution in [0.25, 0.3) is 11.1 Å². The summed E-state index contributed by atoms with van der Waals surface area (Å²) in [6, 6.07) is 18.6. The van der Waals surface area contributed by atoms with Crippen molar-refractivity contribution >= 4 is 11.8 Å². The molecular weight excluding hydrogens is 398 g/mol. The molecule has 0 spiro atoms. The van der Waals surface area contributed by atoms with E-state index in [4.69, 9.17) is 4.74 Å². The Morgan fingerprint density at radius 3 is 2.47 bits per heavy atom. The average molecular weight is 438 g/mol. The van der Waals surface area contributed by atoms with Gasteiger partial charge in [-0.15, -0.1) is 0 Å². The average Bonchev–Trinajstić information content (AvgIpc) is 2.83. The molecule has 32 heavy (non-hydrogen) atoms. The van der Waals surface area contributed by atoms with Crippen LogP contribution < -0.4 is 5.32 Å². The molecule has 1 aliphatic heterocycles. The zero-order valence-electron chi connectivity index (χ0n) is 19.9. The van der Waals surface area contributed by atoms with Gasteiger partial charge >= 0.3 is 6.09 Å². The zero-order chi connectivity index (χ0) is 22.8. The molecule has 1 amide bonds. The lowest BCUT2D eigenvalue weighted by Gasteiger charge is -2.33. The van der Waals surface area contributed by atoms with E-state index in [-0.39, 0.29) is 12.2 Å². The fourth-order valence-electron chi connectivity index (χ4n) is 4.45. The lowest BCUT2D eigenvalue weighted by atomic mass is 10.0. The van der Waals surface area contributed by atoms with Crippen molar-refractivity contribution in [2.45, 2.75) is 58.6 Å². The number of piperidine rings is 1. The Morgan fingerprint density at radius 1 is 1.09 bits per heavy atom. The first-order chi connectivity index (χ1) is 15.6. The fourth-order valence-corrected chi connectivity index (χ4v) is 4.45. The van der Waals surface area contributed by atoms with Gasteiger partial charge in [-0.25, -0.2) is 4.79 Å². The summed E-state index contributed by atoms with van der Waals surface area (Å²) in [7, 11) is 0. The third-order valence-corrected chi connectivity index (χ3v) is 6.60. The van der Waals surface area contributed by atoms with Crippen molar-refractivity contribution in [2.24, 2.45) is 0 Å². The van der Waals surface area contributed by atoms with Gasteiger partial charge in [0.25, 0.3) is 0 Å². The zero-order valence-corrected chi connectivity index (χ0v) is 19.9. The fraction of sp³-hybridized carbons (Fsp3) is 0.519. The highest BCUT2D eigenvalue weighted by atomic mass is 16.6. The summed E-state index contributed by atoms with van der Waals surface area (Å²) in [6.45, 7) is 12.2. The van der Waals surface area contributed by atoms with E-state index in [2.05, 4.69) is 35.9 Å². The van der Waals surface area contributed by atoms with E-state index in [0.29, 0.717) is 6.04 Å². The molecule has 0 aromatic heterocycles. The van der Waals surface area contributed by atoms with Crippen LogP contribution >= 0.6 is 0 Å². The largest absolute Gasteiger partial charge is 0.446 e. The van der Waals surface area contributed by atoms with Crippen LogP contribution in [0.5, 0.6) is 0 Å². The second-order valence-corrected chi connectivity index (χ2v) is 8.72. The summed E-state index contributed by atoms with van der Waals surface area (Å²) >= 11 is 0. The number of amides is 1. The number of para-hydroxylation sites is 1. The van der Waals surface area contributed by atoms with Crippen molar-refractivity contribution in [3.63, 3.8) is 0 Å². The minimum Gasteiger partial charge on any atom is -0.446 e. The van der Waals surface area contributed by atoms with Crippen LogP contribution in [0.3, 0.4) is 0 Å². The van der Waals surface area contributed by atoms with E-state index >= 15 is 0 Å². The molecule has 1 aliphatic rings. The molecule has 0 bridgehead atoms. The number of hydrogen-bond acceptors (Lipinski definition) is 4. The summed E-state index contributed by atoms with van der Waals surface area (Å²) in [5, 5.41) is 2.96. The molecule has 1 heterocycles. The molecule has 1 atom stereocenters. The first-order valence-electron chi connectivity index (χ1n) is 12.2. The molecule has 0 aliphatic carbocycles. The highest BCUT2D eigenvalue weighted by Gasteiger charge is 2.23.